The number of hydrogen-bond acceptors (Lipinski definition) is 8. The van der Waals surface area contributed by atoms with E-state index in [1.165, 1.54) is 23.0 Å². The van der Waals surface area contributed by atoms with Crippen molar-refractivity contribution >= 4 is 31.2 Å². The van der Waals surface area contributed by atoms with E-state index in [4.69, 9.17) is 18.0 Å². The number of ether oxygens (including phenoxy) is 1. The van der Waals surface area contributed by atoms with Gasteiger partial charge in [-0.15, -0.1) is 0 Å². The molecular formula is C28H55N3O7Si3. The molecule has 0 saturated carbocycles. The van der Waals surface area contributed by atoms with E-state index in [0.717, 1.165) is 0 Å². The van der Waals surface area contributed by atoms with Gasteiger partial charge in [0.25, 0.3) is 5.56 Å². The molecule has 1 aromatic heterocycles. The summed E-state index contributed by atoms with van der Waals surface area (Å²) in [5.74, 6) is 0. The van der Waals surface area contributed by atoms with Crippen molar-refractivity contribution in [2.45, 2.75) is 141 Å². The van der Waals surface area contributed by atoms with Gasteiger partial charge in [-0.3, -0.25) is 14.3 Å². The number of oxime groups is 1. The van der Waals surface area contributed by atoms with E-state index in [1.807, 2.05) is 0 Å². The molecule has 0 amide bonds. The smallest absolute Gasteiger partial charge is 0.330 e. The third kappa shape index (κ3) is 7.60. The van der Waals surface area contributed by atoms with Crippen molar-refractivity contribution in [1.82, 2.24) is 9.55 Å². The summed E-state index contributed by atoms with van der Waals surface area (Å²) in [6.07, 6.45) is 0.218. The molecule has 0 radical (unpaired) electrons. The Morgan fingerprint density at radius 3 is 1.85 bits per heavy atom. The highest BCUT2D eigenvalue weighted by Crippen LogP contribution is 2.49. The Morgan fingerprint density at radius 1 is 0.927 bits per heavy atom. The molecule has 1 fully saturated rings. The predicted octanol–water partition coefficient (Wildman–Crippen LogP) is 6.07. The van der Waals surface area contributed by atoms with E-state index < -0.39 is 60.2 Å². The Bertz CT molecular complexity index is 1210. The van der Waals surface area contributed by atoms with Crippen molar-refractivity contribution < 1.29 is 23.2 Å². The van der Waals surface area contributed by atoms with Gasteiger partial charge in [0.2, 0.25) is 0 Å². The summed E-state index contributed by atoms with van der Waals surface area (Å²) in [6.45, 7) is 32.2. The van der Waals surface area contributed by atoms with Gasteiger partial charge in [-0.2, -0.15) is 0 Å². The molecule has 0 spiro atoms. The lowest BCUT2D eigenvalue weighted by Crippen LogP contribution is -2.59. The van der Waals surface area contributed by atoms with Gasteiger partial charge >= 0.3 is 5.69 Å². The molecule has 236 valence electrons. The molecule has 2 heterocycles. The Kier molecular flexibility index (Phi) is 10.2. The zero-order valence-electron chi connectivity index (χ0n) is 28.0. The Labute approximate surface area is 249 Å². The van der Waals surface area contributed by atoms with Crippen LogP contribution < -0.4 is 11.2 Å². The first-order chi connectivity index (χ1) is 18.2. The van der Waals surface area contributed by atoms with Crippen molar-refractivity contribution in [3.8, 4) is 0 Å². The minimum Gasteiger partial charge on any atom is -0.413 e. The van der Waals surface area contributed by atoms with Gasteiger partial charge in [0.05, 0.1) is 12.8 Å². The molecule has 2 rings (SSSR count). The van der Waals surface area contributed by atoms with Crippen LogP contribution in [-0.2, 0) is 18.0 Å². The van der Waals surface area contributed by atoms with E-state index in [1.54, 1.807) is 0 Å². The lowest BCUT2D eigenvalue weighted by atomic mass is 9.97. The maximum Gasteiger partial charge on any atom is 0.330 e. The van der Waals surface area contributed by atoms with Crippen LogP contribution >= 0.6 is 0 Å². The van der Waals surface area contributed by atoms with E-state index in [0.29, 0.717) is 0 Å². The number of rotatable bonds is 9. The molecule has 0 unspecified atom stereocenters. The van der Waals surface area contributed by atoms with Gasteiger partial charge in [-0.25, -0.2) is 4.79 Å². The van der Waals surface area contributed by atoms with Gasteiger partial charge in [0, 0.05) is 12.3 Å². The number of aromatic nitrogens is 2. The first-order valence-corrected chi connectivity index (χ1v) is 23.1. The number of nitrogens with one attached hydrogen (secondary N) is 1. The SMILES string of the molecule is CC(C)(C)[Si](C)(C)OC[C@@]1(/C=N/O)O[C@@H](n2ccc(=O)[nH]c2=O)[C@H](O[Si](C)(C)C(C)(C)C)[C@@H]1O[Si](C)(C)C(C)(C)C. The summed E-state index contributed by atoms with van der Waals surface area (Å²) in [6, 6.07) is 1.28. The number of nitrogens with zero attached hydrogens (tertiary/aromatic N) is 2. The van der Waals surface area contributed by atoms with Crippen LogP contribution in [0, 0.1) is 0 Å². The second-order valence-electron chi connectivity index (χ2n) is 15.9. The molecule has 1 aliphatic heterocycles. The first kappa shape index (κ1) is 35.8. The van der Waals surface area contributed by atoms with Crippen LogP contribution in [0.3, 0.4) is 0 Å². The van der Waals surface area contributed by atoms with Crippen molar-refractivity contribution in [2.24, 2.45) is 5.16 Å². The molecule has 0 aliphatic carbocycles. The summed E-state index contributed by atoms with van der Waals surface area (Å²) in [5.41, 5.74) is -2.52. The van der Waals surface area contributed by atoms with Gasteiger partial charge in [0.1, 0.15) is 12.2 Å². The fraction of sp³-hybridized carbons (Fsp3) is 0.821. The second kappa shape index (κ2) is 11.6. The highest BCUT2D eigenvalue weighted by atomic mass is 28.4. The molecular weight excluding hydrogens is 575 g/mol. The van der Waals surface area contributed by atoms with Crippen LogP contribution in [0.1, 0.15) is 68.5 Å². The van der Waals surface area contributed by atoms with E-state index in [-0.39, 0.29) is 21.7 Å². The summed E-state index contributed by atoms with van der Waals surface area (Å²) in [7, 11) is -7.28. The first-order valence-electron chi connectivity index (χ1n) is 14.4. The van der Waals surface area contributed by atoms with Crippen LogP contribution in [-0.4, -0.2) is 70.3 Å². The highest BCUT2D eigenvalue weighted by molar-refractivity contribution is 6.75. The summed E-state index contributed by atoms with van der Waals surface area (Å²) in [4.78, 5) is 27.5. The van der Waals surface area contributed by atoms with Crippen LogP contribution in [0.4, 0.5) is 0 Å². The summed E-state index contributed by atoms with van der Waals surface area (Å²) >= 11 is 0. The second-order valence-corrected chi connectivity index (χ2v) is 30.2. The fourth-order valence-corrected chi connectivity index (χ4v) is 7.41. The average Bonchev–Trinajstić information content (AvgIpc) is 3.03. The van der Waals surface area contributed by atoms with Crippen LogP contribution in [0.25, 0.3) is 0 Å². The molecule has 1 aromatic rings. The molecule has 4 atom stereocenters. The number of aromatic amines is 1. The Morgan fingerprint density at radius 2 is 1.41 bits per heavy atom. The summed E-state index contributed by atoms with van der Waals surface area (Å²) < 4.78 is 29.0. The lowest BCUT2D eigenvalue weighted by molar-refractivity contribution is -0.0813. The highest BCUT2D eigenvalue weighted by Gasteiger charge is 2.62. The predicted molar refractivity (Wildman–Crippen MR) is 172 cm³/mol. The molecule has 41 heavy (non-hydrogen) atoms. The standard InChI is InChI=1S/C28H55N3O7Si3/c1-25(2,3)39(10,11)35-19-28(18-29-34)22(38-41(14,15)27(7,8)9)21(37-40(12,13)26(4,5)6)23(36-28)31-17-16-20(32)30-24(31)33/h16-18,21-23,34H,19H2,1-15H3,(H,30,32,33)/b29-18+/t21-,22+,23-,28-/m1/s1. The maximum atomic E-state index is 13.1. The van der Waals surface area contributed by atoms with Crippen molar-refractivity contribution in [2.75, 3.05) is 6.61 Å². The largest absolute Gasteiger partial charge is 0.413 e. The Balaban J connectivity index is 2.88. The minimum atomic E-state index is -2.49. The monoisotopic (exact) mass is 629 g/mol. The van der Waals surface area contributed by atoms with E-state index >= 15 is 0 Å². The zero-order valence-corrected chi connectivity index (χ0v) is 31.0. The molecule has 1 saturated heterocycles. The Hall–Kier alpha value is -1.36. The third-order valence-electron chi connectivity index (χ3n) is 9.73. The van der Waals surface area contributed by atoms with E-state index in [9.17, 15) is 14.8 Å². The van der Waals surface area contributed by atoms with Crippen molar-refractivity contribution in [3.63, 3.8) is 0 Å². The number of H-pyrrole nitrogens is 1. The quantitative estimate of drug-likeness (QED) is 0.147. The molecule has 10 nitrogen and oxygen atoms in total. The van der Waals surface area contributed by atoms with Crippen molar-refractivity contribution in [1.29, 1.82) is 0 Å². The average molecular weight is 630 g/mol. The zero-order chi connectivity index (χ0) is 32.0. The third-order valence-corrected chi connectivity index (χ3v) is 23.1. The fourth-order valence-electron chi connectivity index (χ4n) is 3.79. The number of hydrogen-bond donors (Lipinski definition) is 2. The van der Waals surface area contributed by atoms with Gasteiger partial charge in [-0.05, 0) is 54.4 Å². The van der Waals surface area contributed by atoms with Crippen LogP contribution in [0.2, 0.25) is 54.4 Å². The van der Waals surface area contributed by atoms with Crippen LogP contribution in [0.15, 0.2) is 27.0 Å². The van der Waals surface area contributed by atoms with E-state index in [2.05, 4.69) is 112 Å². The molecule has 1 aliphatic rings. The lowest BCUT2D eigenvalue weighted by Gasteiger charge is -2.46. The molecule has 13 heteroatoms. The topological polar surface area (TPSA) is 124 Å². The van der Waals surface area contributed by atoms with Gasteiger partial charge in [0.15, 0.2) is 36.8 Å². The van der Waals surface area contributed by atoms with Gasteiger partial charge in [-0.1, -0.05) is 67.5 Å². The maximum absolute atomic E-state index is 13.1. The normalized spacial score (nSPS) is 25.3. The van der Waals surface area contributed by atoms with Crippen LogP contribution in [0.5, 0.6) is 0 Å². The molecule has 2 N–H and O–H groups in total. The minimum absolute atomic E-state index is 0.0405. The molecule has 0 bridgehead atoms. The summed E-state index contributed by atoms with van der Waals surface area (Å²) in [5, 5.41) is 13.1. The molecule has 0 aromatic carbocycles. The van der Waals surface area contributed by atoms with Crippen molar-refractivity contribution in [3.05, 3.63) is 33.1 Å². The van der Waals surface area contributed by atoms with Gasteiger partial charge < -0.3 is 23.2 Å².